The van der Waals surface area contributed by atoms with Gasteiger partial charge in [0.05, 0.1) is 24.0 Å². The number of ether oxygens (including phenoxy) is 3. The minimum absolute atomic E-state index is 0.185. The number of esters is 2. The molecule has 1 saturated heterocycles. The molecule has 0 unspecified atom stereocenters. The van der Waals surface area contributed by atoms with Gasteiger partial charge in [0.1, 0.15) is 0 Å². The molecule has 3 rings (SSSR count). The molecule has 1 fully saturated rings. The predicted molar refractivity (Wildman–Crippen MR) is 103 cm³/mol. The van der Waals surface area contributed by atoms with Gasteiger partial charge < -0.3 is 19.3 Å². The van der Waals surface area contributed by atoms with Gasteiger partial charge in [-0.2, -0.15) is 8.42 Å². The summed E-state index contributed by atoms with van der Waals surface area (Å²) in [7, 11) is -4.07. The highest BCUT2D eigenvalue weighted by atomic mass is 32.2. The molecule has 2 aromatic rings. The lowest BCUT2D eigenvalue weighted by Gasteiger charge is -2.38. The highest BCUT2D eigenvalue weighted by Gasteiger charge is 2.47. The van der Waals surface area contributed by atoms with Gasteiger partial charge in [-0.05, 0) is 24.3 Å². The summed E-state index contributed by atoms with van der Waals surface area (Å²) in [5.41, 5.74) is 0.419. The fourth-order valence-corrected chi connectivity index (χ4v) is 3.46. The van der Waals surface area contributed by atoms with Crippen LogP contribution in [0.1, 0.15) is 20.7 Å². The summed E-state index contributed by atoms with van der Waals surface area (Å²) >= 11 is 0. The van der Waals surface area contributed by atoms with Crippen molar-refractivity contribution in [1.82, 2.24) is 0 Å². The minimum Gasteiger partial charge on any atom is -0.452 e. The van der Waals surface area contributed by atoms with E-state index in [-0.39, 0.29) is 17.7 Å². The van der Waals surface area contributed by atoms with Gasteiger partial charge in [0, 0.05) is 0 Å². The molecule has 1 aliphatic heterocycles. The van der Waals surface area contributed by atoms with E-state index >= 15 is 0 Å². The van der Waals surface area contributed by atoms with Crippen LogP contribution in [0, 0.1) is 0 Å². The molecule has 10 heteroatoms. The zero-order chi connectivity index (χ0) is 21.7. The number of carbonyl (C=O) groups excluding carboxylic acids is 2. The molecule has 160 valence electrons. The lowest BCUT2D eigenvalue weighted by molar-refractivity contribution is -0.243. The smallest absolute Gasteiger partial charge is 0.338 e. The second-order valence-electron chi connectivity index (χ2n) is 6.53. The van der Waals surface area contributed by atoms with Gasteiger partial charge in [-0.1, -0.05) is 36.4 Å². The highest BCUT2D eigenvalue weighted by molar-refractivity contribution is 7.86. The SMILES string of the molecule is CS(=O)(=O)O[C@H]1[C@@H](OC(=O)c2ccccc2)[C@H](OC(=O)c2ccccc2)CO[C@H]1O. The number of hydrogen-bond acceptors (Lipinski definition) is 9. The number of hydrogen-bond donors (Lipinski definition) is 1. The van der Waals surface area contributed by atoms with Crippen molar-refractivity contribution in [2.75, 3.05) is 12.9 Å². The third-order valence-corrected chi connectivity index (χ3v) is 4.78. The lowest BCUT2D eigenvalue weighted by Crippen LogP contribution is -2.57. The van der Waals surface area contributed by atoms with Crippen molar-refractivity contribution in [3.05, 3.63) is 71.8 Å². The van der Waals surface area contributed by atoms with Crippen molar-refractivity contribution in [3.8, 4) is 0 Å². The van der Waals surface area contributed by atoms with E-state index < -0.39 is 46.7 Å². The first-order valence-corrected chi connectivity index (χ1v) is 10.8. The van der Waals surface area contributed by atoms with Crippen LogP contribution in [0.25, 0.3) is 0 Å². The highest BCUT2D eigenvalue weighted by Crippen LogP contribution is 2.25. The zero-order valence-electron chi connectivity index (χ0n) is 15.9. The third-order valence-electron chi connectivity index (χ3n) is 4.21. The summed E-state index contributed by atoms with van der Waals surface area (Å²) in [6, 6.07) is 16.0. The quantitative estimate of drug-likeness (QED) is 0.524. The molecule has 0 amide bonds. The van der Waals surface area contributed by atoms with E-state index in [1.165, 1.54) is 24.3 Å². The Kier molecular flexibility index (Phi) is 6.83. The first-order chi connectivity index (χ1) is 14.2. The van der Waals surface area contributed by atoms with Crippen molar-refractivity contribution < 1.29 is 41.5 Å². The van der Waals surface area contributed by atoms with E-state index in [9.17, 15) is 23.1 Å². The molecule has 30 heavy (non-hydrogen) atoms. The van der Waals surface area contributed by atoms with Crippen molar-refractivity contribution in [3.63, 3.8) is 0 Å². The molecule has 0 radical (unpaired) electrons. The fraction of sp³-hybridized carbons (Fsp3) is 0.300. The number of benzene rings is 2. The van der Waals surface area contributed by atoms with Gasteiger partial charge in [-0.3, -0.25) is 4.18 Å². The van der Waals surface area contributed by atoms with E-state index in [1.54, 1.807) is 36.4 Å². The summed E-state index contributed by atoms with van der Waals surface area (Å²) in [6.07, 6.45) is -5.24. The molecule has 0 spiro atoms. The molecular weight excluding hydrogens is 416 g/mol. The first-order valence-electron chi connectivity index (χ1n) is 8.94. The van der Waals surface area contributed by atoms with Gasteiger partial charge in [-0.25, -0.2) is 9.59 Å². The molecule has 0 aromatic heterocycles. The Bertz CT molecular complexity index is 976. The van der Waals surface area contributed by atoms with Crippen molar-refractivity contribution in [2.45, 2.75) is 24.6 Å². The summed E-state index contributed by atoms with van der Waals surface area (Å²) in [5.74, 6) is -1.54. The number of carbonyl (C=O) groups is 2. The number of aliphatic hydroxyl groups excluding tert-OH is 1. The Labute approximate surface area is 173 Å². The molecule has 1 heterocycles. The fourth-order valence-electron chi connectivity index (χ4n) is 2.85. The van der Waals surface area contributed by atoms with E-state index in [2.05, 4.69) is 0 Å². The third kappa shape index (κ3) is 5.63. The van der Waals surface area contributed by atoms with Crippen molar-refractivity contribution in [1.29, 1.82) is 0 Å². The van der Waals surface area contributed by atoms with Gasteiger partial charge in [0.25, 0.3) is 10.1 Å². The van der Waals surface area contributed by atoms with Crippen LogP contribution in [-0.4, -0.2) is 62.9 Å². The van der Waals surface area contributed by atoms with Crippen LogP contribution in [-0.2, 0) is 28.5 Å². The minimum atomic E-state index is -4.07. The number of rotatable bonds is 6. The Morgan fingerprint density at radius 2 is 1.40 bits per heavy atom. The van der Waals surface area contributed by atoms with Crippen LogP contribution in [0.3, 0.4) is 0 Å². The van der Waals surface area contributed by atoms with Crippen LogP contribution in [0.2, 0.25) is 0 Å². The van der Waals surface area contributed by atoms with Crippen molar-refractivity contribution >= 4 is 22.1 Å². The molecule has 9 nitrogen and oxygen atoms in total. The molecule has 0 saturated carbocycles. The van der Waals surface area contributed by atoms with E-state index in [1.807, 2.05) is 0 Å². The van der Waals surface area contributed by atoms with Gasteiger partial charge >= 0.3 is 11.9 Å². The molecular formula is C20H20O9S. The molecule has 0 bridgehead atoms. The van der Waals surface area contributed by atoms with Gasteiger partial charge in [-0.15, -0.1) is 0 Å². The Balaban J connectivity index is 1.86. The van der Waals surface area contributed by atoms with E-state index in [0.29, 0.717) is 0 Å². The lowest BCUT2D eigenvalue weighted by atomic mass is 10.0. The van der Waals surface area contributed by atoms with Crippen molar-refractivity contribution in [2.24, 2.45) is 0 Å². The average Bonchev–Trinajstić information content (AvgIpc) is 2.73. The molecule has 0 aliphatic carbocycles. The summed E-state index contributed by atoms with van der Waals surface area (Å²) in [5, 5.41) is 10.1. The maximum Gasteiger partial charge on any atom is 0.338 e. The second-order valence-corrected chi connectivity index (χ2v) is 8.14. The average molecular weight is 436 g/mol. The van der Waals surface area contributed by atoms with Gasteiger partial charge in [0.15, 0.2) is 24.6 Å². The monoisotopic (exact) mass is 436 g/mol. The first kappa shape index (κ1) is 21.9. The molecule has 4 atom stereocenters. The zero-order valence-corrected chi connectivity index (χ0v) is 16.7. The molecule has 1 N–H and O–H groups in total. The Morgan fingerprint density at radius 3 is 1.90 bits per heavy atom. The molecule has 2 aromatic carbocycles. The number of aliphatic hydroxyl groups is 1. The summed E-state index contributed by atoms with van der Waals surface area (Å²) in [6.45, 7) is -0.337. The Morgan fingerprint density at radius 1 is 0.900 bits per heavy atom. The molecule has 1 aliphatic rings. The van der Waals surface area contributed by atoms with Crippen LogP contribution >= 0.6 is 0 Å². The largest absolute Gasteiger partial charge is 0.452 e. The van der Waals surface area contributed by atoms with Crippen LogP contribution < -0.4 is 0 Å². The normalized spacial score (nSPS) is 24.1. The standard InChI is InChI=1S/C20H20O9S/c1-30(24,25)29-17-16(28-19(22)14-10-6-3-7-11-14)15(12-26-20(17)23)27-18(21)13-8-4-2-5-9-13/h2-11,15-17,20,23H,12H2,1H3/t15-,16+,17+,20-/m1/s1. The Hall–Kier alpha value is -2.79. The summed E-state index contributed by atoms with van der Waals surface area (Å²) < 4.78 is 44.1. The maximum absolute atomic E-state index is 12.5. The van der Waals surface area contributed by atoms with Gasteiger partial charge in [0.2, 0.25) is 0 Å². The maximum atomic E-state index is 12.5. The summed E-state index contributed by atoms with van der Waals surface area (Å²) in [4.78, 5) is 25.0. The topological polar surface area (TPSA) is 125 Å². The van der Waals surface area contributed by atoms with Crippen LogP contribution in [0.4, 0.5) is 0 Å². The van der Waals surface area contributed by atoms with Crippen LogP contribution in [0.15, 0.2) is 60.7 Å². The van der Waals surface area contributed by atoms with E-state index in [0.717, 1.165) is 6.26 Å². The second kappa shape index (κ2) is 9.35. The van der Waals surface area contributed by atoms with Crippen LogP contribution in [0.5, 0.6) is 0 Å². The van der Waals surface area contributed by atoms with E-state index in [4.69, 9.17) is 18.4 Å². The predicted octanol–water partition coefficient (Wildman–Crippen LogP) is 1.13.